The molecule has 0 radical (unpaired) electrons. The van der Waals surface area contributed by atoms with Crippen LogP contribution in [0.4, 0.5) is 0 Å². The van der Waals surface area contributed by atoms with Crippen LogP contribution >= 0.6 is 34.2 Å². The minimum Gasteiger partial charge on any atom is -0.300 e. The van der Waals surface area contributed by atoms with Crippen molar-refractivity contribution in [1.82, 2.24) is 14.9 Å². The third-order valence-corrected chi connectivity index (χ3v) is 6.34. The molecule has 0 aliphatic carbocycles. The predicted octanol–water partition coefficient (Wildman–Crippen LogP) is 3.38. The van der Waals surface area contributed by atoms with Gasteiger partial charge in [0.15, 0.2) is 0 Å². The second-order valence-electron chi connectivity index (χ2n) is 5.49. The van der Waals surface area contributed by atoms with Crippen molar-refractivity contribution in [3.63, 3.8) is 0 Å². The Bertz CT molecular complexity index is 442. The number of aromatic nitrogens is 2. The molecule has 2 fully saturated rings. The number of hydrogen-bond acceptors (Lipinski definition) is 3. The predicted molar refractivity (Wildman–Crippen MR) is 81.0 cm³/mol. The van der Waals surface area contributed by atoms with Crippen LogP contribution in [-0.2, 0) is 0 Å². The van der Waals surface area contributed by atoms with Crippen LogP contribution in [0.1, 0.15) is 43.1 Å². The zero-order valence-corrected chi connectivity index (χ0v) is 13.6. The van der Waals surface area contributed by atoms with Gasteiger partial charge in [0.05, 0.1) is 9.26 Å². The third kappa shape index (κ3) is 2.16. The summed E-state index contributed by atoms with van der Waals surface area (Å²) in [5.74, 6) is 1.45. The lowest BCUT2D eigenvalue weighted by molar-refractivity contribution is 0.159. The van der Waals surface area contributed by atoms with Gasteiger partial charge in [-0.25, -0.2) is 9.97 Å². The molecule has 18 heavy (non-hydrogen) atoms. The van der Waals surface area contributed by atoms with Crippen LogP contribution < -0.4 is 0 Å². The molecule has 2 aliphatic rings. The van der Waals surface area contributed by atoms with Crippen molar-refractivity contribution in [3.05, 3.63) is 20.2 Å². The molecule has 3 nitrogen and oxygen atoms in total. The largest absolute Gasteiger partial charge is 0.300 e. The fraction of sp³-hybridized carbons (Fsp3) is 0.692. The first-order valence-corrected chi connectivity index (χ1v) is 7.93. The van der Waals surface area contributed by atoms with Gasteiger partial charge in [0.2, 0.25) is 0 Å². The zero-order chi connectivity index (χ0) is 12.9. The van der Waals surface area contributed by atoms with Gasteiger partial charge in [-0.05, 0) is 62.2 Å². The van der Waals surface area contributed by atoms with Crippen molar-refractivity contribution in [2.45, 2.75) is 50.6 Å². The molecule has 2 unspecified atom stereocenters. The van der Waals surface area contributed by atoms with Crippen molar-refractivity contribution in [2.75, 3.05) is 7.05 Å². The molecule has 0 aromatic carbocycles. The van der Waals surface area contributed by atoms with E-state index in [0.717, 1.165) is 27.2 Å². The monoisotopic (exact) mass is 377 g/mol. The van der Waals surface area contributed by atoms with Gasteiger partial charge in [0, 0.05) is 18.0 Å². The molecule has 0 saturated carbocycles. The van der Waals surface area contributed by atoms with E-state index >= 15 is 0 Å². The second kappa shape index (κ2) is 4.87. The maximum absolute atomic E-state index is 6.19. The third-order valence-electron chi connectivity index (χ3n) is 4.46. The maximum Gasteiger partial charge on any atom is 0.146 e. The zero-order valence-electron chi connectivity index (χ0n) is 10.7. The minimum atomic E-state index is 0.492. The van der Waals surface area contributed by atoms with E-state index in [4.69, 9.17) is 11.6 Å². The Morgan fingerprint density at radius 2 is 1.83 bits per heavy atom. The van der Waals surface area contributed by atoms with Crippen molar-refractivity contribution >= 4 is 34.2 Å². The van der Waals surface area contributed by atoms with E-state index in [2.05, 4.69) is 44.5 Å². The smallest absolute Gasteiger partial charge is 0.146 e. The van der Waals surface area contributed by atoms with Gasteiger partial charge < -0.3 is 4.90 Å². The number of rotatable bonds is 1. The van der Waals surface area contributed by atoms with Crippen molar-refractivity contribution in [3.8, 4) is 0 Å². The fourth-order valence-corrected chi connectivity index (χ4v) is 3.81. The average Bonchev–Trinajstić information content (AvgIpc) is 2.57. The van der Waals surface area contributed by atoms with E-state index < -0.39 is 0 Å². The highest BCUT2D eigenvalue weighted by Gasteiger charge is 2.39. The normalized spacial score (nSPS) is 31.9. The number of halogens is 2. The molecule has 0 amide bonds. The first kappa shape index (κ1) is 13.1. The SMILES string of the molecule is Cc1nc(C2CC3CCC(C2)N3C)nc(Cl)c1I. The first-order chi connectivity index (χ1) is 8.56. The lowest BCUT2D eigenvalue weighted by Gasteiger charge is -2.35. The summed E-state index contributed by atoms with van der Waals surface area (Å²) in [5, 5.41) is 0.615. The Balaban J connectivity index is 1.88. The van der Waals surface area contributed by atoms with E-state index in [1.165, 1.54) is 25.7 Å². The van der Waals surface area contributed by atoms with E-state index in [9.17, 15) is 0 Å². The molecular formula is C13H17ClIN3. The number of piperidine rings is 1. The molecule has 2 saturated heterocycles. The Hall–Kier alpha value is 0.0600. The molecule has 2 aliphatic heterocycles. The van der Waals surface area contributed by atoms with Crippen LogP contribution in [0.15, 0.2) is 0 Å². The summed E-state index contributed by atoms with van der Waals surface area (Å²) in [5.41, 5.74) is 1.01. The molecule has 3 rings (SSSR count). The maximum atomic E-state index is 6.19. The van der Waals surface area contributed by atoms with E-state index in [1.54, 1.807) is 0 Å². The highest BCUT2D eigenvalue weighted by atomic mass is 127. The number of fused-ring (bicyclic) bond motifs is 2. The second-order valence-corrected chi connectivity index (χ2v) is 6.93. The Kier molecular flexibility index (Phi) is 3.53. The van der Waals surface area contributed by atoms with Gasteiger partial charge in [-0.3, -0.25) is 0 Å². The number of aryl methyl sites for hydroxylation is 1. The summed E-state index contributed by atoms with van der Waals surface area (Å²) in [7, 11) is 2.26. The summed E-state index contributed by atoms with van der Waals surface area (Å²) in [6, 6.07) is 1.44. The van der Waals surface area contributed by atoms with Gasteiger partial charge in [0.25, 0.3) is 0 Å². The summed E-state index contributed by atoms with van der Waals surface area (Å²) in [6.45, 7) is 2.02. The van der Waals surface area contributed by atoms with Gasteiger partial charge in [-0.1, -0.05) is 11.6 Å². The quantitative estimate of drug-likeness (QED) is 0.555. The van der Waals surface area contributed by atoms with Crippen molar-refractivity contribution in [1.29, 1.82) is 0 Å². The van der Waals surface area contributed by atoms with Crippen LogP contribution in [-0.4, -0.2) is 34.0 Å². The summed E-state index contributed by atoms with van der Waals surface area (Å²) in [6.07, 6.45) is 5.02. The van der Waals surface area contributed by atoms with Gasteiger partial charge >= 0.3 is 0 Å². The summed E-state index contributed by atoms with van der Waals surface area (Å²) >= 11 is 8.40. The summed E-state index contributed by atoms with van der Waals surface area (Å²) < 4.78 is 0.980. The molecule has 1 aromatic rings. The Labute approximate surface area is 126 Å². The molecule has 2 atom stereocenters. The topological polar surface area (TPSA) is 29.0 Å². The van der Waals surface area contributed by atoms with Crippen molar-refractivity contribution < 1.29 is 0 Å². The van der Waals surface area contributed by atoms with Crippen LogP contribution in [0.3, 0.4) is 0 Å². The lowest BCUT2D eigenvalue weighted by atomic mass is 9.90. The van der Waals surface area contributed by atoms with Gasteiger partial charge in [-0.15, -0.1) is 0 Å². The molecule has 5 heteroatoms. The molecule has 0 N–H and O–H groups in total. The van der Waals surface area contributed by atoms with E-state index in [-0.39, 0.29) is 0 Å². The van der Waals surface area contributed by atoms with Crippen LogP contribution in [0.5, 0.6) is 0 Å². The molecule has 1 aromatic heterocycles. The average molecular weight is 378 g/mol. The van der Waals surface area contributed by atoms with Crippen LogP contribution in [0.2, 0.25) is 5.15 Å². The number of nitrogens with zero attached hydrogens (tertiary/aromatic N) is 3. The Morgan fingerprint density at radius 3 is 2.39 bits per heavy atom. The van der Waals surface area contributed by atoms with Crippen molar-refractivity contribution in [2.24, 2.45) is 0 Å². The fourth-order valence-electron chi connectivity index (χ4n) is 3.35. The standard InChI is InChI=1S/C13H17ClIN3/c1-7-11(15)12(14)17-13(16-7)8-5-9-3-4-10(6-8)18(9)2/h8-10H,3-6H2,1-2H3. The molecule has 2 bridgehead atoms. The van der Waals surface area contributed by atoms with Gasteiger partial charge in [-0.2, -0.15) is 0 Å². The molecule has 0 spiro atoms. The van der Waals surface area contributed by atoms with Crippen LogP contribution in [0, 0.1) is 10.5 Å². The highest BCUT2D eigenvalue weighted by Crippen LogP contribution is 2.41. The van der Waals surface area contributed by atoms with E-state index in [0.29, 0.717) is 11.1 Å². The highest BCUT2D eigenvalue weighted by molar-refractivity contribution is 14.1. The minimum absolute atomic E-state index is 0.492. The lowest BCUT2D eigenvalue weighted by Crippen LogP contribution is -2.39. The summed E-state index contributed by atoms with van der Waals surface area (Å²) in [4.78, 5) is 11.7. The molecule has 3 heterocycles. The number of hydrogen-bond donors (Lipinski definition) is 0. The van der Waals surface area contributed by atoms with E-state index in [1.807, 2.05) is 6.92 Å². The Morgan fingerprint density at radius 1 is 1.22 bits per heavy atom. The van der Waals surface area contributed by atoms with Gasteiger partial charge in [0.1, 0.15) is 11.0 Å². The van der Waals surface area contributed by atoms with Crippen LogP contribution in [0.25, 0.3) is 0 Å². The molecule has 98 valence electrons. The first-order valence-electron chi connectivity index (χ1n) is 6.47. The molecular weight excluding hydrogens is 361 g/mol.